The molecule has 0 saturated carbocycles. The fourth-order valence-corrected chi connectivity index (χ4v) is 2.32. The smallest absolute Gasteiger partial charge is 0.282 e. The molecule has 0 unspecified atom stereocenters. The standard InChI is InChI=1S/C13H21NO4S/c1-2-3-4-5-8-11-18-14-12-9-6-7-10-13(12)19(15,16)17/h6-7,9-10,14H,2-5,8,11H2,1H3,(H,15,16,17). The molecule has 0 saturated heterocycles. The van der Waals surface area contributed by atoms with Crippen LogP contribution in [0.2, 0.25) is 0 Å². The lowest BCUT2D eigenvalue weighted by atomic mass is 10.2. The van der Waals surface area contributed by atoms with E-state index in [1.54, 1.807) is 18.2 Å². The van der Waals surface area contributed by atoms with Gasteiger partial charge in [-0.2, -0.15) is 8.42 Å². The lowest BCUT2D eigenvalue weighted by Gasteiger charge is -2.09. The lowest BCUT2D eigenvalue weighted by molar-refractivity contribution is 0.186. The van der Waals surface area contributed by atoms with Crippen LogP contribution in [0.4, 0.5) is 5.69 Å². The fraction of sp³-hybridized carbons (Fsp3) is 0.538. The molecule has 1 aromatic rings. The normalized spacial score (nSPS) is 11.5. The zero-order valence-electron chi connectivity index (χ0n) is 11.1. The Morgan fingerprint density at radius 1 is 1.16 bits per heavy atom. The predicted octanol–water partition coefficient (Wildman–Crippen LogP) is 3.25. The third-order valence-electron chi connectivity index (χ3n) is 2.70. The molecule has 0 bridgehead atoms. The first-order valence-corrected chi connectivity index (χ1v) is 7.94. The summed E-state index contributed by atoms with van der Waals surface area (Å²) in [5.41, 5.74) is 2.82. The van der Waals surface area contributed by atoms with Crippen molar-refractivity contribution >= 4 is 15.8 Å². The van der Waals surface area contributed by atoms with Crippen LogP contribution >= 0.6 is 0 Å². The van der Waals surface area contributed by atoms with Gasteiger partial charge in [-0.1, -0.05) is 44.7 Å². The molecule has 0 aromatic heterocycles. The highest BCUT2D eigenvalue weighted by molar-refractivity contribution is 7.86. The zero-order valence-corrected chi connectivity index (χ0v) is 11.9. The Morgan fingerprint density at radius 3 is 2.53 bits per heavy atom. The lowest BCUT2D eigenvalue weighted by Crippen LogP contribution is -2.08. The number of unbranched alkanes of at least 4 members (excludes halogenated alkanes) is 4. The van der Waals surface area contributed by atoms with Crippen molar-refractivity contribution in [1.82, 2.24) is 0 Å². The summed E-state index contributed by atoms with van der Waals surface area (Å²) in [5.74, 6) is 0. The van der Waals surface area contributed by atoms with Crippen molar-refractivity contribution in [3.8, 4) is 0 Å². The van der Waals surface area contributed by atoms with E-state index < -0.39 is 10.1 Å². The van der Waals surface area contributed by atoms with Crippen LogP contribution in [-0.4, -0.2) is 19.6 Å². The Bertz CT molecular complexity index is 473. The highest BCUT2D eigenvalue weighted by Crippen LogP contribution is 2.20. The Kier molecular flexibility index (Phi) is 6.83. The average Bonchev–Trinajstić information content (AvgIpc) is 2.37. The third-order valence-corrected chi connectivity index (χ3v) is 3.61. The van der Waals surface area contributed by atoms with Crippen LogP contribution in [-0.2, 0) is 15.0 Å². The molecule has 0 heterocycles. The second-order valence-corrected chi connectivity index (χ2v) is 5.73. The number of benzene rings is 1. The molecular weight excluding hydrogens is 266 g/mol. The summed E-state index contributed by atoms with van der Waals surface area (Å²) < 4.78 is 31.3. The van der Waals surface area contributed by atoms with Crippen molar-refractivity contribution < 1.29 is 17.8 Å². The van der Waals surface area contributed by atoms with Crippen molar-refractivity contribution in [2.24, 2.45) is 0 Å². The van der Waals surface area contributed by atoms with Crippen LogP contribution < -0.4 is 5.48 Å². The number of anilines is 1. The Hall–Kier alpha value is -1.11. The van der Waals surface area contributed by atoms with E-state index in [4.69, 9.17) is 9.39 Å². The molecule has 19 heavy (non-hydrogen) atoms. The predicted molar refractivity (Wildman–Crippen MR) is 74.6 cm³/mol. The van der Waals surface area contributed by atoms with Gasteiger partial charge in [-0.25, -0.2) is 0 Å². The number of hydrogen-bond donors (Lipinski definition) is 2. The van der Waals surface area contributed by atoms with Crippen LogP contribution in [0.3, 0.4) is 0 Å². The Labute approximate surface area is 114 Å². The largest absolute Gasteiger partial charge is 0.296 e. The average molecular weight is 287 g/mol. The monoisotopic (exact) mass is 287 g/mol. The Morgan fingerprint density at radius 2 is 1.84 bits per heavy atom. The summed E-state index contributed by atoms with van der Waals surface area (Å²) in [6.45, 7) is 2.66. The van der Waals surface area contributed by atoms with Gasteiger partial charge in [-0.3, -0.25) is 14.9 Å². The second-order valence-electron chi connectivity index (χ2n) is 4.34. The minimum absolute atomic E-state index is 0.180. The van der Waals surface area contributed by atoms with Gasteiger partial charge in [-0.15, -0.1) is 0 Å². The summed E-state index contributed by atoms with van der Waals surface area (Å²) in [6.07, 6.45) is 5.61. The van der Waals surface area contributed by atoms with Crippen LogP contribution in [0.5, 0.6) is 0 Å². The molecule has 0 aliphatic rings. The molecule has 0 aliphatic carbocycles. The van der Waals surface area contributed by atoms with Gasteiger partial charge in [0, 0.05) is 0 Å². The van der Waals surface area contributed by atoms with E-state index in [0.29, 0.717) is 6.61 Å². The SMILES string of the molecule is CCCCCCCONc1ccccc1S(=O)(=O)O. The quantitative estimate of drug-likeness (QED) is 0.414. The first-order chi connectivity index (χ1) is 9.05. The molecule has 2 N–H and O–H groups in total. The van der Waals surface area contributed by atoms with Gasteiger partial charge in [0.15, 0.2) is 0 Å². The van der Waals surface area contributed by atoms with Gasteiger partial charge in [-0.05, 0) is 18.6 Å². The first-order valence-electron chi connectivity index (χ1n) is 6.50. The summed E-state index contributed by atoms with van der Waals surface area (Å²) in [5, 5.41) is 0. The maximum Gasteiger partial charge on any atom is 0.296 e. The van der Waals surface area contributed by atoms with E-state index in [0.717, 1.165) is 12.8 Å². The molecular formula is C13H21NO4S. The summed E-state index contributed by atoms with van der Waals surface area (Å²) >= 11 is 0. The summed E-state index contributed by atoms with van der Waals surface area (Å²) in [4.78, 5) is 5.03. The number of para-hydroxylation sites is 1. The first kappa shape index (κ1) is 15.9. The van der Waals surface area contributed by atoms with E-state index in [1.165, 1.54) is 25.3 Å². The molecule has 0 amide bonds. The zero-order chi connectivity index (χ0) is 14.1. The van der Waals surface area contributed by atoms with Crippen molar-refractivity contribution in [2.75, 3.05) is 12.1 Å². The molecule has 0 fully saturated rings. The van der Waals surface area contributed by atoms with Crippen LogP contribution in [0.15, 0.2) is 29.2 Å². The van der Waals surface area contributed by atoms with Gasteiger partial charge in [0.05, 0.1) is 12.3 Å². The van der Waals surface area contributed by atoms with Crippen molar-refractivity contribution in [1.29, 1.82) is 0 Å². The van der Waals surface area contributed by atoms with Crippen molar-refractivity contribution in [2.45, 2.75) is 43.9 Å². The second kappa shape index (κ2) is 8.14. The molecule has 1 rings (SSSR count). The maximum atomic E-state index is 11.1. The van der Waals surface area contributed by atoms with Crippen LogP contribution in [0, 0.1) is 0 Å². The Balaban J connectivity index is 2.38. The highest BCUT2D eigenvalue weighted by Gasteiger charge is 2.14. The topological polar surface area (TPSA) is 75.6 Å². The van der Waals surface area contributed by atoms with Crippen molar-refractivity contribution in [3.63, 3.8) is 0 Å². The van der Waals surface area contributed by atoms with E-state index in [9.17, 15) is 8.42 Å². The molecule has 5 nitrogen and oxygen atoms in total. The number of hydrogen-bond acceptors (Lipinski definition) is 4. The summed E-state index contributed by atoms with van der Waals surface area (Å²) in [7, 11) is -4.23. The van der Waals surface area contributed by atoms with Gasteiger partial charge >= 0.3 is 0 Å². The van der Waals surface area contributed by atoms with Gasteiger partial charge in [0.1, 0.15) is 4.90 Å². The van der Waals surface area contributed by atoms with E-state index in [1.807, 2.05) is 0 Å². The minimum atomic E-state index is -4.23. The molecule has 0 spiro atoms. The fourth-order valence-electron chi connectivity index (χ4n) is 1.68. The molecule has 0 radical (unpaired) electrons. The van der Waals surface area contributed by atoms with Crippen LogP contribution in [0.25, 0.3) is 0 Å². The van der Waals surface area contributed by atoms with Gasteiger partial charge in [0.2, 0.25) is 0 Å². The van der Waals surface area contributed by atoms with E-state index in [2.05, 4.69) is 12.4 Å². The van der Waals surface area contributed by atoms with Crippen molar-refractivity contribution in [3.05, 3.63) is 24.3 Å². The number of nitrogens with one attached hydrogen (secondary N) is 1. The molecule has 6 heteroatoms. The highest BCUT2D eigenvalue weighted by atomic mass is 32.2. The van der Waals surface area contributed by atoms with E-state index >= 15 is 0 Å². The molecule has 1 aromatic carbocycles. The number of rotatable bonds is 9. The van der Waals surface area contributed by atoms with Crippen LogP contribution in [0.1, 0.15) is 39.0 Å². The maximum absolute atomic E-state index is 11.1. The minimum Gasteiger partial charge on any atom is -0.282 e. The third kappa shape index (κ3) is 6.04. The van der Waals surface area contributed by atoms with Gasteiger partial charge in [0.25, 0.3) is 10.1 Å². The molecule has 108 valence electrons. The molecule has 0 aliphatic heterocycles. The van der Waals surface area contributed by atoms with Gasteiger partial charge < -0.3 is 0 Å². The van der Waals surface area contributed by atoms with E-state index in [-0.39, 0.29) is 10.6 Å². The summed E-state index contributed by atoms with van der Waals surface area (Å²) in [6, 6.07) is 6.07. The molecule has 0 atom stereocenters.